The van der Waals surface area contributed by atoms with Crippen LogP contribution in [0.25, 0.3) is 0 Å². The van der Waals surface area contributed by atoms with Crippen molar-refractivity contribution in [3.63, 3.8) is 0 Å². The van der Waals surface area contributed by atoms with Crippen molar-refractivity contribution in [2.75, 3.05) is 45.9 Å². The Kier molecular flexibility index (Phi) is 5.65. The molecular formula is C19H35FN6O. The van der Waals surface area contributed by atoms with E-state index < -0.39 is 6.17 Å². The zero-order valence-corrected chi connectivity index (χ0v) is 16.2. The quantitative estimate of drug-likeness (QED) is 0.463. The lowest BCUT2D eigenvalue weighted by Crippen LogP contribution is -2.65. The number of nitrogens with zero attached hydrogens (tertiary/aromatic N) is 2. The summed E-state index contributed by atoms with van der Waals surface area (Å²) in [4.78, 5) is 2.65. The highest BCUT2D eigenvalue weighted by molar-refractivity contribution is 4.98. The molecule has 5 fully saturated rings. The van der Waals surface area contributed by atoms with E-state index in [4.69, 9.17) is 4.74 Å². The van der Waals surface area contributed by atoms with Crippen LogP contribution in [0.2, 0.25) is 0 Å². The summed E-state index contributed by atoms with van der Waals surface area (Å²) in [5.41, 5.74) is 3.58. The molecule has 5 heterocycles. The largest absolute Gasteiger partial charge is 0.363 e. The Morgan fingerprint density at radius 3 is 2.96 bits per heavy atom. The summed E-state index contributed by atoms with van der Waals surface area (Å²) >= 11 is 0. The van der Waals surface area contributed by atoms with Crippen LogP contribution in [0.3, 0.4) is 0 Å². The standard InChI is InChI=1S/C19H35FN6O/c20-14-9-15-16-3-1-6-25(16)17-4-7-26-18(24-17)13(11-23-26)10-21-5-2-8-27-19(15)22-12-14/h13-19,21-24H,1-12H2/t13?,14?,15?,16-,17?,18?,19?/m1/s1. The second-order valence-electron chi connectivity index (χ2n) is 8.93. The fourth-order valence-electron chi connectivity index (χ4n) is 5.93. The first-order valence-electron chi connectivity index (χ1n) is 11.0. The van der Waals surface area contributed by atoms with E-state index in [0.29, 0.717) is 37.3 Å². The van der Waals surface area contributed by atoms with E-state index in [1.165, 1.54) is 6.42 Å². The number of hydrogen-bond donors (Lipinski definition) is 4. The van der Waals surface area contributed by atoms with Crippen molar-refractivity contribution in [1.82, 2.24) is 31.3 Å². The van der Waals surface area contributed by atoms with Crippen LogP contribution in [0.4, 0.5) is 4.39 Å². The summed E-state index contributed by atoms with van der Waals surface area (Å²) in [5.74, 6) is 0.821. The third-order valence-electron chi connectivity index (χ3n) is 7.24. The molecule has 5 aliphatic rings. The minimum absolute atomic E-state index is 0.00785. The Balaban J connectivity index is 1.37. The summed E-state index contributed by atoms with van der Waals surface area (Å²) in [6.45, 7) is 6.41. The average molecular weight is 383 g/mol. The first-order valence-corrected chi connectivity index (χ1v) is 11.0. The minimum atomic E-state index is -0.754. The van der Waals surface area contributed by atoms with Gasteiger partial charge in [0.25, 0.3) is 0 Å². The molecule has 0 radical (unpaired) electrons. The van der Waals surface area contributed by atoms with Crippen molar-refractivity contribution in [3.8, 4) is 0 Å². The Hall–Kier alpha value is -0.350. The normalized spacial score (nSPS) is 47.2. The molecule has 7 nitrogen and oxygen atoms in total. The van der Waals surface area contributed by atoms with Crippen molar-refractivity contribution < 1.29 is 9.13 Å². The third-order valence-corrected chi connectivity index (χ3v) is 7.24. The van der Waals surface area contributed by atoms with Gasteiger partial charge in [0, 0.05) is 50.7 Å². The molecule has 0 saturated carbocycles. The molecule has 0 aromatic rings. The van der Waals surface area contributed by atoms with Crippen molar-refractivity contribution in [1.29, 1.82) is 0 Å². The smallest absolute Gasteiger partial charge is 0.113 e. The number of hydrogen-bond acceptors (Lipinski definition) is 7. The molecule has 0 spiro atoms. The van der Waals surface area contributed by atoms with Gasteiger partial charge in [-0.15, -0.1) is 0 Å². The van der Waals surface area contributed by atoms with E-state index in [-0.39, 0.29) is 12.1 Å². The maximum atomic E-state index is 14.3. The molecule has 0 aromatic carbocycles. The lowest BCUT2D eigenvalue weighted by molar-refractivity contribution is -0.0795. The number of nitrogens with one attached hydrogen (secondary N) is 4. The molecule has 27 heavy (non-hydrogen) atoms. The summed E-state index contributed by atoms with van der Waals surface area (Å²) in [5, 5.41) is 13.3. The fourth-order valence-corrected chi connectivity index (χ4v) is 5.93. The average Bonchev–Trinajstić information content (AvgIpc) is 3.31. The number of fused-ring (bicyclic) bond motifs is 5. The number of alkyl halides is 1. The number of halogens is 1. The van der Waals surface area contributed by atoms with Gasteiger partial charge < -0.3 is 10.1 Å². The van der Waals surface area contributed by atoms with Crippen LogP contribution in [-0.2, 0) is 4.74 Å². The topological polar surface area (TPSA) is 63.8 Å². The summed E-state index contributed by atoms with van der Waals surface area (Å²) in [7, 11) is 0. The monoisotopic (exact) mass is 382 g/mol. The van der Waals surface area contributed by atoms with Gasteiger partial charge in [0.1, 0.15) is 12.4 Å². The molecular weight excluding hydrogens is 347 g/mol. The zero-order valence-electron chi connectivity index (χ0n) is 16.2. The molecule has 0 amide bonds. The predicted molar refractivity (Wildman–Crippen MR) is 101 cm³/mol. The van der Waals surface area contributed by atoms with E-state index in [1.807, 2.05) is 0 Å². The Morgan fingerprint density at radius 1 is 1.04 bits per heavy atom. The van der Waals surface area contributed by atoms with Crippen molar-refractivity contribution in [2.24, 2.45) is 11.8 Å². The van der Waals surface area contributed by atoms with Crippen LogP contribution in [0.1, 0.15) is 32.1 Å². The molecule has 4 N–H and O–H groups in total. The number of rotatable bonds is 0. The maximum absolute atomic E-state index is 14.3. The molecule has 0 aromatic heterocycles. The van der Waals surface area contributed by atoms with Crippen LogP contribution in [0.5, 0.6) is 0 Å². The molecule has 5 rings (SSSR count). The Labute approximate surface area is 161 Å². The van der Waals surface area contributed by atoms with Crippen LogP contribution < -0.4 is 21.4 Å². The number of ether oxygens (including phenoxy) is 1. The van der Waals surface area contributed by atoms with Gasteiger partial charge in [-0.05, 0) is 45.2 Å². The van der Waals surface area contributed by atoms with E-state index in [0.717, 1.165) is 58.6 Å². The molecule has 6 unspecified atom stereocenters. The van der Waals surface area contributed by atoms with E-state index in [9.17, 15) is 4.39 Å². The number of hydrazine groups is 1. The van der Waals surface area contributed by atoms with Gasteiger partial charge >= 0.3 is 0 Å². The van der Waals surface area contributed by atoms with E-state index in [1.54, 1.807) is 0 Å². The van der Waals surface area contributed by atoms with E-state index >= 15 is 0 Å². The van der Waals surface area contributed by atoms with Gasteiger partial charge in [-0.1, -0.05) is 0 Å². The second-order valence-corrected chi connectivity index (χ2v) is 8.93. The van der Waals surface area contributed by atoms with Gasteiger partial charge in [-0.25, -0.2) is 9.40 Å². The second kappa shape index (κ2) is 8.18. The van der Waals surface area contributed by atoms with Crippen LogP contribution >= 0.6 is 0 Å². The molecule has 7 atom stereocenters. The molecule has 5 aliphatic heterocycles. The van der Waals surface area contributed by atoms with Gasteiger partial charge in [-0.3, -0.25) is 21.0 Å². The van der Waals surface area contributed by atoms with Crippen molar-refractivity contribution in [3.05, 3.63) is 0 Å². The highest BCUT2D eigenvalue weighted by Crippen LogP contribution is 2.35. The lowest BCUT2D eigenvalue weighted by Gasteiger charge is -2.47. The first-order chi connectivity index (χ1) is 13.3. The molecule has 2 bridgehead atoms. The molecule has 8 heteroatoms. The Bertz CT molecular complexity index is 513. The molecule has 0 aliphatic carbocycles. The highest BCUT2D eigenvalue weighted by Gasteiger charge is 2.46. The number of piperidine rings is 1. The summed E-state index contributed by atoms with van der Waals surface area (Å²) in [6.07, 6.45) is 5.14. The minimum Gasteiger partial charge on any atom is -0.363 e. The molecule has 5 saturated heterocycles. The van der Waals surface area contributed by atoms with E-state index in [2.05, 4.69) is 31.3 Å². The van der Waals surface area contributed by atoms with Crippen LogP contribution in [0, 0.1) is 11.8 Å². The van der Waals surface area contributed by atoms with Gasteiger partial charge in [0.05, 0.1) is 12.3 Å². The summed E-state index contributed by atoms with van der Waals surface area (Å²) < 4.78 is 20.5. The summed E-state index contributed by atoms with van der Waals surface area (Å²) in [6, 6.07) is 0.416. The highest BCUT2D eigenvalue weighted by atomic mass is 19.1. The third kappa shape index (κ3) is 3.77. The van der Waals surface area contributed by atoms with Gasteiger partial charge in [-0.2, -0.15) is 0 Å². The van der Waals surface area contributed by atoms with Crippen molar-refractivity contribution >= 4 is 0 Å². The fraction of sp³-hybridized carbons (Fsp3) is 1.00. The SMILES string of the molecule is FC1CNC2OCCCNCC3CNN4CCC(NC34)N3CCC[C@@H]3C2C1. The Morgan fingerprint density at radius 2 is 2.00 bits per heavy atom. The van der Waals surface area contributed by atoms with Crippen LogP contribution in [-0.4, -0.2) is 86.6 Å². The van der Waals surface area contributed by atoms with Gasteiger partial charge in [0.15, 0.2) is 0 Å². The maximum Gasteiger partial charge on any atom is 0.113 e. The lowest BCUT2D eigenvalue weighted by atomic mass is 9.87. The van der Waals surface area contributed by atoms with Gasteiger partial charge in [0.2, 0.25) is 0 Å². The predicted octanol–water partition coefficient (Wildman–Crippen LogP) is -0.184. The zero-order chi connectivity index (χ0) is 18.2. The van der Waals surface area contributed by atoms with Crippen LogP contribution in [0.15, 0.2) is 0 Å². The molecule has 154 valence electrons. The first kappa shape index (κ1) is 18.7. The van der Waals surface area contributed by atoms with Crippen molar-refractivity contribution in [2.45, 2.75) is 62.9 Å².